The van der Waals surface area contributed by atoms with Crippen molar-refractivity contribution in [2.45, 2.75) is 0 Å². The highest BCUT2D eigenvalue weighted by Crippen LogP contribution is 2.20. The van der Waals surface area contributed by atoms with Gasteiger partial charge in [0, 0.05) is 33.4 Å². The number of ether oxygens (including phenoxy) is 1. The Morgan fingerprint density at radius 1 is 1.32 bits per heavy atom. The van der Waals surface area contributed by atoms with Crippen molar-refractivity contribution < 1.29 is 14.3 Å². The molecule has 2 N–H and O–H groups in total. The first-order valence-electron chi connectivity index (χ1n) is 6.40. The lowest BCUT2D eigenvalue weighted by Crippen LogP contribution is -2.42. The Balaban J connectivity index is 0.00000441. The molecule has 0 heterocycles. The molecule has 0 bridgehead atoms. The number of halogens is 2. The Hall–Kier alpha value is -1.50. The number of rotatable bonds is 6. The number of carbonyl (C=O) groups excluding carboxylic acids is 2. The summed E-state index contributed by atoms with van der Waals surface area (Å²) in [6, 6.07) is 4.67. The summed E-state index contributed by atoms with van der Waals surface area (Å²) in [5.74, 6) is -0.502. The number of nitrogens with two attached hydrogens (primary N) is 1. The third-order valence-electron chi connectivity index (χ3n) is 2.90. The molecule has 6 nitrogen and oxygen atoms in total. The zero-order valence-electron chi connectivity index (χ0n) is 12.8. The van der Waals surface area contributed by atoms with E-state index in [4.69, 9.17) is 22.1 Å². The number of nitrogen functional groups attached to an aromatic ring is 1. The minimum absolute atomic E-state index is 0. The summed E-state index contributed by atoms with van der Waals surface area (Å²) in [5, 5.41) is 0.264. The van der Waals surface area contributed by atoms with E-state index in [1.165, 1.54) is 23.0 Å². The normalized spacial score (nSPS) is 9.82. The van der Waals surface area contributed by atoms with Crippen LogP contribution in [-0.2, 0) is 9.53 Å². The zero-order chi connectivity index (χ0) is 16.0. The molecular formula is C14H21Cl2N3O3. The summed E-state index contributed by atoms with van der Waals surface area (Å²) in [6.45, 7) is 0.602. The van der Waals surface area contributed by atoms with Crippen molar-refractivity contribution in [3.05, 3.63) is 28.8 Å². The van der Waals surface area contributed by atoms with E-state index in [1.807, 2.05) is 0 Å². The topological polar surface area (TPSA) is 75.9 Å². The summed E-state index contributed by atoms with van der Waals surface area (Å²) in [7, 11) is 4.81. The maximum atomic E-state index is 12.5. The molecule has 0 saturated carbocycles. The van der Waals surface area contributed by atoms with Gasteiger partial charge in [0.2, 0.25) is 5.91 Å². The zero-order valence-corrected chi connectivity index (χ0v) is 14.4. The summed E-state index contributed by atoms with van der Waals surface area (Å²) in [6.07, 6.45) is 0. The highest BCUT2D eigenvalue weighted by Gasteiger charge is 2.21. The average molecular weight is 350 g/mol. The summed E-state index contributed by atoms with van der Waals surface area (Å²) in [4.78, 5) is 27.2. The number of methoxy groups -OCH3 is 1. The first-order valence-corrected chi connectivity index (χ1v) is 6.78. The molecular weight excluding hydrogens is 329 g/mol. The number of carbonyl (C=O) groups is 2. The van der Waals surface area contributed by atoms with Crippen molar-refractivity contribution in [2.75, 3.05) is 46.6 Å². The molecule has 0 saturated heterocycles. The van der Waals surface area contributed by atoms with Gasteiger partial charge in [-0.25, -0.2) is 0 Å². The van der Waals surface area contributed by atoms with E-state index in [0.717, 1.165) is 0 Å². The minimum Gasteiger partial charge on any atom is -0.399 e. The van der Waals surface area contributed by atoms with E-state index in [0.29, 0.717) is 24.4 Å². The fourth-order valence-corrected chi connectivity index (χ4v) is 1.90. The van der Waals surface area contributed by atoms with Gasteiger partial charge in [0.25, 0.3) is 5.91 Å². The van der Waals surface area contributed by atoms with Crippen LogP contribution in [0.4, 0.5) is 5.69 Å². The molecule has 22 heavy (non-hydrogen) atoms. The van der Waals surface area contributed by atoms with E-state index in [2.05, 4.69) is 0 Å². The predicted molar refractivity (Wildman–Crippen MR) is 89.6 cm³/mol. The molecule has 1 aromatic carbocycles. The molecule has 8 heteroatoms. The van der Waals surface area contributed by atoms with Gasteiger partial charge in [-0.05, 0) is 18.2 Å². The maximum Gasteiger partial charge on any atom is 0.255 e. The molecule has 1 aromatic rings. The third-order valence-corrected chi connectivity index (χ3v) is 3.21. The smallest absolute Gasteiger partial charge is 0.255 e. The monoisotopic (exact) mass is 349 g/mol. The number of benzene rings is 1. The average Bonchev–Trinajstić information content (AvgIpc) is 2.42. The van der Waals surface area contributed by atoms with Gasteiger partial charge in [-0.15, -0.1) is 12.4 Å². The van der Waals surface area contributed by atoms with Crippen molar-refractivity contribution in [1.82, 2.24) is 9.80 Å². The van der Waals surface area contributed by atoms with Crippen LogP contribution in [0.15, 0.2) is 18.2 Å². The van der Waals surface area contributed by atoms with Crippen molar-refractivity contribution >= 4 is 41.5 Å². The molecule has 124 valence electrons. The van der Waals surface area contributed by atoms with Crippen LogP contribution in [-0.4, -0.2) is 62.5 Å². The minimum atomic E-state index is -0.327. The quantitative estimate of drug-likeness (QED) is 0.790. The Morgan fingerprint density at radius 2 is 1.95 bits per heavy atom. The van der Waals surface area contributed by atoms with Gasteiger partial charge in [0.05, 0.1) is 17.2 Å². The molecule has 0 spiro atoms. The first kappa shape index (κ1) is 20.5. The fourth-order valence-electron chi connectivity index (χ4n) is 1.63. The molecule has 0 radical (unpaired) electrons. The van der Waals surface area contributed by atoms with Crippen molar-refractivity contribution in [3.63, 3.8) is 0 Å². The lowest BCUT2D eigenvalue weighted by atomic mass is 10.1. The van der Waals surface area contributed by atoms with Crippen LogP contribution in [0, 0.1) is 0 Å². The predicted octanol–water partition coefficient (Wildman–Crippen LogP) is 1.52. The molecule has 0 fully saturated rings. The van der Waals surface area contributed by atoms with Gasteiger partial charge in [0.1, 0.15) is 6.54 Å². The maximum absolute atomic E-state index is 12.5. The van der Waals surface area contributed by atoms with Gasteiger partial charge >= 0.3 is 0 Å². The lowest BCUT2D eigenvalue weighted by molar-refractivity contribution is -0.129. The van der Waals surface area contributed by atoms with Crippen molar-refractivity contribution in [1.29, 1.82) is 0 Å². The second-order valence-corrected chi connectivity index (χ2v) is 5.15. The standard InChI is InChI=1S/C14H20ClN3O3.ClH/c1-17(2)13(19)9-18(6-7-21-3)14(20)11-5-4-10(16)8-12(11)15;/h4-5,8H,6-7,9,16H2,1-3H3;1H. The van der Waals surface area contributed by atoms with Gasteiger partial charge in [-0.3, -0.25) is 9.59 Å². The molecule has 0 aliphatic heterocycles. The van der Waals surface area contributed by atoms with Crippen LogP contribution in [0.1, 0.15) is 10.4 Å². The third kappa shape index (κ3) is 5.71. The van der Waals surface area contributed by atoms with Crippen LogP contribution in [0.3, 0.4) is 0 Å². The number of hydrogen-bond acceptors (Lipinski definition) is 4. The van der Waals surface area contributed by atoms with Crippen molar-refractivity contribution in [2.24, 2.45) is 0 Å². The number of amides is 2. The summed E-state index contributed by atoms with van der Waals surface area (Å²) < 4.78 is 4.98. The molecule has 2 amide bonds. The van der Waals surface area contributed by atoms with E-state index in [1.54, 1.807) is 26.2 Å². The van der Waals surface area contributed by atoms with Gasteiger partial charge in [-0.2, -0.15) is 0 Å². The van der Waals surface area contributed by atoms with Gasteiger partial charge in [-0.1, -0.05) is 11.6 Å². The van der Waals surface area contributed by atoms with Gasteiger partial charge < -0.3 is 20.3 Å². The van der Waals surface area contributed by atoms with E-state index >= 15 is 0 Å². The first-order chi connectivity index (χ1) is 9.86. The molecule has 0 atom stereocenters. The number of anilines is 1. The van der Waals surface area contributed by atoms with E-state index in [9.17, 15) is 9.59 Å². The molecule has 0 unspecified atom stereocenters. The Morgan fingerprint density at radius 3 is 2.45 bits per heavy atom. The van der Waals surface area contributed by atoms with Crippen LogP contribution in [0.2, 0.25) is 5.02 Å². The van der Waals surface area contributed by atoms with Crippen LogP contribution >= 0.6 is 24.0 Å². The summed E-state index contributed by atoms with van der Waals surface area (Å²) in [5.41, 5.74) is 6.40. The largest absolute Gasteiger partial charge is 0.399 e. The molecule has 0 aromatic heterocycles. The fraction of sp³-hybridized carbons (Fsp3) is 0.429. The Labute approximate surface area is 141 Å². The number of hydrogen-bond donors (Lipinski definition) is 1. The Bertz CT molecular complexity index is 524. The van der Waals surface area contributed by atoms with E-state index < -0.39 is 0 Å². The molecule has 0 aliphatic carbocycles. The number of nitrogens with zero attached hydrogens (tertiary/aromatic N) is 2. The lowest BCUT2D eigenvalue weighted by Gasteiger charge is -2.24. The Kier molecular flexibility index (Phi) is 8.86. The highest BCUT2D eigenvalue weighted by atomic mass is 35.5. The second kappa shape index (κ2) is 9.50. The van der Waals surface area contributed by atoms with Crippen LogP contribution in [0.25, 0.3) is 0 Å². The van der Waals surface area contributed by atoms with Crippen LogP contribution in [0.5, 0.6) is 0 Å². The van der Waals surface area contributed by atoms with Crippen LogP contribution < -0.4 is 5.73 Å². The highest BCUT2D eigenvalue weighted by molar-refractivity contribution is 6.34. The van der Waals surface area contributed by atoms with E-state index in [-0.39, 0.29) is 35.8 Å². The molecule has 1 rings (SSSR count). The van der Waals surface area contributed by atoms with Crippen molar-refractivity contribution in [3.8, 4) is 0 Å². The summed E-state index contributed by atoms with van der Waals surface area (Å²) >= 11 is 6.05. The second-order valence-electron chi connectivity index (χ2n) is 4.75. The SMILES string of the molecule is COCCN(CC(=O)N(C)C)C(=O)c1ccc(N)cc1Cl.Cl. The number of likely N-dealkylation sites (N-methyl/N-ethyl adjacent to an activating group) is 1. The molecule has 0 aliphatic rings. The van der Waals surface area contributed by atoms with Gasteiger partial charge in [0.15, 0.2) is 0 Å².